The van der Waals surface area contributed by atoms with Crippen molar-refractivity contribution in [3.8, 4) is 5.75 Å². The number of carbonyl (C=O) groups is 1. The number of hydrogen-bond donors (Lipinski definition) is 1. The summed E-state index contributed by atoms with van der Waals surface area (Å²) in [4.78, 5) is 11.8. The van der Waals surface area contributed by atoms with Crippen LogP contribution in [0.2, 0.25) is 0 Å². The molecular weight excluding hydrogens is 344 g/mol. The molecule has 22 heavy (non-hydrogen) atoms. The number of hydrogen-bond acceptors (Lipinski definition) is 3. The first kappa shape index (κ1) is 16.2. The van der Waals surface area contributed by atoms with Gasteiger partial charge in [0.1, 0.15) is 5.75 Å². The van der Waals surface area contributed by atoms with Crippen LogP contribution in [0.25, 0.3) is 0 Å². The molecule has 1 N–H and O–H groups in total. The molecule has 0 fully saturated rings. The molecule has 5 heteroatoms. The Hall–Kier alpha value is -2.14. The Balaban J connectivity index is 1.88. The molecule has 0 saturated heterocycles. The van der Waals surface area contributed by atoms with Gasteiger partial charge in [0, 0.05) is 0 Å². The van der Waals surface area contributed by atoms with Crippen LogP contribution in [0.1, 0.15) is 18.1 Å². The zero-order valence-corrected chi connectivity index (χ0v) is 14.1. The van der Waals surface area contributed by atoms with Gasteiger partial charge in [0.15, 0.2) is 6.61 Å². The lowest BCUT2D eigenvalue weighted by molar-refractivity contribution is -0.123. The molecule has 0 saturated carbocycles. The summed E-state index contributed by atoms with van der Waals surface area (Å²) in [7, 11) is 0. The molecule has 2 aromatic rings. The third-order valence-corrected chi connectivity index (χ3v) is 3.61. The number of carbonyl (C=O) groups excluding carboxylic acids is 1. The quantitative estimate of drug-likeness (QED) is 0.653. The highest BCUT2D eigenvalue weighted by Crippen LogP contribution is 2.25. The average molecular weight is 361 g/mol. The first-order valence-electron chi connectivity index (χ1n) is 6.84. The Labute approximate surface area is 138 Å². The minimum Gasteiger partial charge on any atom is -0.483 e. The van der Waals surface area contributed by atoms with Crippen molar-refractivity contribution >= 4 is 27.5 Å². The topological polar surface area (TPSA) is 50.7 Å². The van der Waals surface area contributed by atoms with Gasteiger partial charge < -0.3 is 4.74 Å². The summed E-state index contributed by atoms with van der Waals surface area (Å²) < 4.78 is 6.29. The normalized spacial score (nSPS) is 11.1. The van der Waals surface area contributed by atoms with Crippen molar-refractivity contribution in [1.82, 2.24) is 5.43 Å². The summed E-state index contributed by atoms with van der Waals surface area (Å²) in [5, 5.41) is 4.07. The minimum absolute atomic E-state index is 0.0900. The van der Waals surface area contributed by atoms with Crippen molar-refractivity contribution in [3.05, 3.63) is 64.1 Å². The van der Waals surface area contributed by atoms with Crippen molar-refractivity contribution in [3.63, 3.8) is 0 Å². The predicted molar refractivity (Wildman–Crippen MR) is 91.2 cm³/mol. The Bertz CT molecular complexity index is 684. The van der Waals surface area contributed by atoms with E-state index in [0.29, 0.717) is 5.75 Å². The molecule has 0 radical (unpaired) electrons. The van der Waals surface area contributed by atoms with Crippen molar-refractivity contribution in [1.29, 1.82) is 0 Å². The number of ether oxygens (including phenoxy) is 1. The molecule has 2 aromatic carbocycles. The van der Waals surface area contributed by atoms with E-state index in [-0.39, 0.29) is 12.5 Å². The van der Waals surface area contributed by atoms with E-state index in [9.17, 15) is 4.79 Å². The van der Waals surface area contributed by atoms with Gasteiger partial charge in [-0.25, -0.2) is 5.43 Å². The summed E-state index contributed by atoms with van der Waals surface area (Å²) in [6.45, 7) is 3.74. The number of benzene rings is 2. The van der Waals surface area contributed by atoms with Gasteiger partial charge in [0.05, 0.1) is 10.2 Å². The Morgan fingerprint density at radius 2 is 1.95 bits per heavy atom. The molecule has 0 aliphatic heterocycles. The maximum Gasteiger partial charge on any atom is 0.277 e. The van der Waals surface area contributed by atoms with Crippen molar-refractivity contribution < 1.29 is 9.53 Å². The van der Waals surface area contributed by atoms with Crippen LogP contribution in [0.4, 0.5) is 0 Å². The Morgan fingerprint density at radius 3 is 2.64 bits per heavy atom. The second-order valence-electron chi connectivity index (χ2n) is 4.82. The van der Waals surface area contributed by atoms with Gasteiger partial charge in [-0.15, -0.1) is 0 Å². The standard InChI is InChI=1S/C17H17BrN2O2/c1-12-8-9-16(15(18)10-12)22-11-17(21)20-19-13(2)14-6-4-3-5-7-14/h3-10H,11H2,1-2H3,(H,20,21)/b19-13+. The molecule has 0 unspecified atom stereocenters. The van der Waals surface area contributed by atoms with Gasteiger partial charge in [-0.2, -0.15) is 5.10 Å². The zero-order chi connectivity index (χ0) is 15.9. The Kier molecular flexibility index (Phi) is 5.72. The van der Waals surface area contributed by atoms with E-state index in [0.717, 1.165) is 21.3 Å². The lowest BCUT2D eigenvalue weighted by Gasteiger charge is -2.08. The van der Waals surface area contributed by atoms with E-state index in [4.69, 9.17) is 4.74 Å². The predicted octanol–water partition coefficient (Wildman–Crippen LogP) is 3.68. The highest BCUT2D eigenvalue weighted by Gasteiger charge is 2.05. The second kappa shape index (κ2) is 7.75. The molecule has 0 bridgehead atoms. The van der Waals surface area contributed by atoms with Crippen LogP contribution in [0, 0.1) is 6.92 Å². The van der Waals surface area contributed by atoms with Crippen LogP contribution >= 0.6 is 15.9 Å². The highest BCUT2D eigenvalue weighted by atomic mass is 79.9. The number of amides is 1. The lowest BCUT2D eigenvalue weighted by Crippen LogP contribution is -2.25. The maximum absolute atomic E-state index is 11.8. The minimum atomic E-state index is -0.303. The monoisotopic (exact) mass is 360 g/mol. The first-order valence-corrected chi connectivity index (χ1v) is 7.63. The summed E-state index contributed by atoms with van der Waals surface area (Å²) in [5.74, 6) is 0.326. The Morgan fingerprint density at radius 1 is 1.23 bits per heavy atom. The van der Waals surface area contributed by atoms with E-state index in [1.165, 1.54) is 0 Å². The molecule has 114 valence electrons. The number of rotatable bonds is 5. The van der Waals surface area contributed by atoms with E-state index in [2.05, 4.69) is 26.5 Å². The van der Waals surface area contributed by atoms with E-state index in [1.807, 2.05) is 62.4 Å². The summed E-state index contributed by atoms with van der Waals surface area (Å²) >= 11 is 3.41. The molecule has 0 spiro atoms. The van der Waals surface area contributed by atoms with Crippen LogP contribution in [0.15, 0.2) is 58.1 Å². The fourth-order valence-corrected chi connectivity index (χ4v) is 2.40. The van der Waals surface area contributed by atoms with Gasteiger partial charge in [-0.05, 0) is 53.0 Å². The number of hydrazone groups is 1. The SMILES string of the molecule is C/C(=N\NC(=O)COc1ccc(C)cc1Br)c1ccccc1. The van der Waals surface area contributed by atoms with Gasteiger partial charge in [-0.3, -0.25) is 4.79 Å². The summed E-state index contributed by atoms with van der Waals surface area (Å²) in [6, 6.07) is 15.3. The number of nitrogens with zero attached hydrogens (tertiary/aromatic N) is 1. The number of nitrogens with one attached hydrogen (secondary N) is 1. The first-order chi connectivity index (χ1) is 10.6. The molecule has 0 atom stereocenters. The largest absolute Gasteiger partial charge is 0.483 e. The number of aryl methyl sites for hydroxylation is 1. The van der Waals surface area contributed by atoms with Crippen molar-refractivity contribution in [2.75, 3.05) is 6.61 Å². The lowest BCUT2D eigenvalue weighted by atomic mass is 10.1. The molecule has 0 aliphatic carbocycles. The fraction of sp³-hybridized carbons (Fsp3) is 0.176. The van der Waals surface area contributed by atoms with Gasteiger partial charge in [0.25, 0.3) is 5.91 Å². The average Bonchev–Trinajstić information content (AvgIpc) is 2.52. The third kappa shape index (κ3) is 4.70. The highest BCUT2D eigenvalue weighted by molar-refractivity contribution is 9.10. The second-order valence-corrected chi connectivity index (χ2v) is 5.68. The van der Waals surface area contributed by atoms with Gasteiger partial charge in [0.2, 0.25) is 0 Å². The fourth-order valence-electron chi connectivity index (χ4n) is 1.79. The van der Waals surface area contributed by atoms with Gasteiger partial charge >= 0.3 is 0 Å². The van der Waals surface area contributed by atoms with Crippen molar-refractivity contribution in [2.45, 2.75) is 13.8 Å². The molecule has 2 rings (SSSR count). The van der Waals surface area contributed by atoms with Crippen LogP contribution in [-0.4, -0.2) is 18.2 Å². The molecule has 4 nitrogen and oxygen atoms in total. The van der Waals surface area contributed by atoms with E-state index >= 15 is 0 Å². The summed E-state index contributed by atoms with van der Waals surface area (Å²) in [5.41, 5.74) is 5.31. The van der Waals surface area contributed by atoms with Crippen LogP contribution in [0.3, 0.4) is 0 Å². The molecule has 0 heterocycles. The van der Waals surface area contributed by atoms with Gasteiger partial charge in [-0.1, -0.05) is 36.4 Å². The van der Waals surface area contributed by atoms with Crippen LogP contribution < -0.4 is 10.2 Å². The molecule has 0 aromatic heterocycles. The third-order valence-electron chi connectivity index (χ3n) is 2.99. The molecule has 0 aliphatic rings. The number of halogens is 1. The van der Waals surface area contributed by atoms with E-state index < -0.39 is 0 Å². The summed E-state index contributed by atoms with van der Waals surface area (Å²) in [6.07, 6.45) is 0. The maximum atomic E-state index is 11.8. The zero-order valence-electron chi connectivity index (χ0n) is 12.5. The smallest absolute Gasteiger partial charge is 0.277 e. The van der Waals surface area contributed by atoms with E-state index in [1.54, 1.807) is 0 Å². The van der Waals surface area contributed by atoms with Crippen molar-refractivity contribution in [2.24, 2.45) is 5.10 Å². The van der Waals surface area contributed by atoms with Crippen LogP contribution in [0.5, 0.6) is 5.75 Å². The van der Waals surface area contributed by atoms with Crippen LogP contribution in [-0.2, 0) is 4.79 Å². The molecule has 1 amide bonds. The molecular formula is C17H17BrN2O2.